The molecule has 2 N–H and O–H groups in total. The third-order valence-corrected chi connectivity index (χ3v) is 3.35. The van der Waals surface area contributed by atoms with Gasteiger partial charge in [-0.2, -0.15) is 11.8 Å². The lowest BCUT2D eigenvalue weighted by Crippen LogP contribution is -2.34. The lowest BCUT2D eigenvalue weighted by molar-refractivity contribution is -0.129. The first-order chi connectivity index (χ1) is 8.54. The summed E-state index contributed by atoms with van der Waals surface area (Å²) >= 11 is 1.62. The van der Waals surface area contributed by atoms with Gasteiger partial charge in [-0.15, -0.1) is 0 Å². The lowest BCUT2D eigenvalue weighted by Gasteiger charge is -2.12. The number of aryl methyl sites for hydroxylation is 2. The number of hydrogen-bond donors (Lipinski definition) is 2. The van der Waals surface area contributed by atoms with Crippen LogP contribution in [0.1, 0.15) is 23.2 Å². The van der Waals surface area contributed by atoms with Crippen molar-refractivity contribution in [3.63, 3.8) is 0 Å². The van der Waals surface area contributed by atoms with Crippen LogP contribution >= 0.6 is 11.8 Å². The highest BCUT2D eigenvalue weighted by Gasteiger charge is 2.14. The summed E-state index contributed by atoms with van der Waals surface area (Å²) < 4.78 is 0. The van der Waals surface area contributed by atoms with Crippen LogP contribution in [0.3, 0.4) is 0 Å². The molecule has 1 rings (SSSR count). The fourth-order valence-corrected chi connectivity index (χ4v) is 2.03. The highest BCUT2D eigenvalue weighted by atomic mass is 32.2. The molecule has 5 heteroatoms. The Balaban J connectivity index is 2.47. The van der Waals surface area contributed by atoms with Gasteiger partial charge in [-0.25, -0.2) is 0 Å². The molecular formula is C13H20N2O2S. The third kappa shape index (κ3) is 4.66. The molecule has 0 fully saturated rings. The Morgan fingerprint density at radius 1 is 1.56 bits per heavy atom. The second-order valence-corrected chi connectivity index (χ2v) is 5.25. The van der Waals surface area contributed by atoms with Gasteiger partial charge in [0.05, 0.1) is 0 Å². The summed E-state index contributed by atoms with van der Waals surface area (Å²) in [5.41, 5.74) is 3.04. The number of carbonyl (C=O) groups is 1. The lowest BCUT2D eigenvalue weighted by atomic mass is 10.1. The maximum Gasteiger partial charge on any atom is 0.249 e. The predicted octanol–water partition coefficient (Wildman–Crippen LogP) is 1.43. The molecule has 1 amide bonds. The third-order valence-electron chi connectivity index (χ3n) is 2.71. The van der Waals surface area contributed by atoms with Crippen molar-refractivity contribution in [1.29, 1.82) is 0 Å². The van der Waals surface area contributed by atoms with Crippen molar-refractivity contribution in [2.75, 3.05) is 12.0 Å². The molecule has 0 saturated heterocycles. The number of aliphatic hydroxyl groups is 1. The molecule has 0 aliphatic rings. The zero-order chi connectivity index (χ0) is 13.5. The molecule has 0 radical (unpaired) electrons. The molecule has 0 saturated carbocycles. The summed E-state index contributed by atoms with van der Waals surface area (Å²) in [5, 5.41) is 12.3. The van der Waals surface area contributed by atoms with E-state index in [2.05, 4.69) is 10.3 Å². The van der Waals surface area contributed by atoms with Gasteiger partial charge in [0.1, 0.15) is 6.10 Å². The minimum absolute atomic E-state index is 0.316. The summed E-state index contributed by atoms with van der Waals surface area (Å²) in [4.78, 5) is 15.8. The van der Waals surface area contributed by atoms with E-state index in [0.717, 1.165) is 22.6 Å². The maximum absolute atomic E-state index is 11.6. The Kier molecular flexibility index (Phi) is 6.15. The molecule has 1 atom stereocenters. The van der Waals surface area contributed by atoms with Gasteiger partial charge in [-0.05, 0) is 49.5 Å². The summed E-state index contributed by atoms with van der Waals surface area (Å²) in [6.07, 6.45) is 3.28. The molecule has 100 valence electrons. The number of pyridine rings is 1. The minimum atomic E-state index is -0.920. The van der Waals surface area contributed by atoms with Crippen molar-refractivity contribution in [2.24, 2.45) is 0 Å². The molecule has 18 heavy (non-hydrogen) atoms. The van der Waals surface area contributed by atoms with E-state index in [0.29, 0.717) is 13.0 Å². The molecule has 0 unspecified atom stereocenters. The van der Waals surface area contributed by atoms with E-state index in [1.165, 1.54) is 0 Å². The average molecular weight is 268 g/mol. The molecule has 0 spiro atoms. The van der Waals surface area contributed by atoms with Crippen LogP contribution in [-0.4, -0.2) is 34.1 Å². The number of nitrogens with one attached hydrogen (secondary N) is 1. The van der Waals surface area contributed by atoms with Crippen LogP contribution in [0, 0.1) is 13.8 Å². The second kappa shape index (κ2) is 7.38. The van der Waals surface area contributed by atoms with Gasteiger partial charge in [-0.3, -0.25) is 9.78 Å². The van der Waals surface area contributed by atoms with Crippen molar-refractivity contribution in [3.8, 4) is 0 Å². The summed E-state index contributed by atoms with van der Waals surface area (Å²) in [6.45, 7) is 4.33. The molecule has 0 aliphatic heterocycles. The van der Waals surface area contributed by atoms with Crippen LogP contribution in [0.25, 0.3) is 0 Å². The Bertz CT molecular complexity index is 410. The number of aliphatic hydroxyl groups excluding tert-OH is 1. The zero-order valence-corrected chi connectivity index (χ0v) is 11.9. The first kappa shape index (κ1) is 15.0. The van der Waals surface area contributed by atoms with Crippen LogP contribution in [0.15, 0.2) is 12.3 Å². The highest BCUT2D eigenvalue weighted by molar-refractivity contribution is 7.98. The van der Waals surface area contributed by atoms with Crippen molar-refractivity contribution in [3.05, 3.63) is 29.1 Å². The zero-order valence-electron chi connectivity index (χ0n) is 11.1. The van der Waals surface area contributed by atoms with Crippen molar-refractivity contribution in [2.45, 2.75) is 32.9 Å². The van der Waals surface area contributed by atoms with E-state index in [4.69, 9.17) is 0 Å². The van der Waals surface area contributed by atoms with Crippen LogP contribution in [-0.2, 0) is 11.3 Å². The average Bonchev–Trinajstić information content (AvgIpc) is 2.34. The second-order valence-electron chi connectivity index (χ2n) is 4.27. The predicted molar refractivity (Wildman–Crippen MR) is 74.6 cm³/mol. The normalized spacial score (nSPS) is 12.2. The number of nitrogens with zero attached hydrogens (tertiary/aromatic N) is 1. The van der Waals surface area contributed by atoms with E-state index < -0.39 is 6.10 Å². The molecule has 0 aliphatic carbocycles. The quantitative estimate of drug-likeness (QED) is 0.819. The summed E-state index contributed by atoms with van der Waals surface area (Å²) in [6, 6.07) is 1.98. The van der Waals surface area contributed by atoms with Crippen LogP contribution in [0.2, 0.25) is 0 Å². The number of carbonyl (C=O) groups excluding carboxylic acids is 1. The van der Waals surface area contributed by atoms with E-state index in [9.17, 15) is 9.90 Å². The first-order valence-corrected chi connectivity index (χ1v) is 7.30. The minimum Gasteiger partial charge on any atom is -0.383 e. The topological polar surface area (TPSA) is 62.2 Å². The number of aromatic nitrogens is 1. The Morgan fingerprint density at radius 3 is 2.89 bits per heavy atom. The summed E-state index contributed by atoms with van der Waals surface area (Å²) in [5.74, 6) is 0.462. The van der Waals surface area contributed by atoms with Crippen LogP contribution in [0.4, 0.5) is 0 Å². The molecule has 1 aromatic rings. The molecular weight excluding hydrogens is 248 g/mol. The smallest absolute Gasteiger partial charge is 0.249 e. The van der Waals surface area contributed by atoms with Crippen LogP contribution < -0.4 is 5.32 Å². The molecule has 1 heterocycles. The molecule has 0 bridgehead atoms. The van der Waals surface area contributed by atoms with E-state index in [1.807, 2.05) is 26.2 Å². The largest absolute Gasteiger partial charge is 0.383 e. The Hall–Kier alpha value is -1.07. The Morgan fingerprint density at radius 2 is 2.28 bits per heavy atom. The number of rotatable bonds is 6. The fraction of sp³-hybridized carbons (Fsp3) is 0.538. The number of thioether (sulfide) groups is 1. The fourth-order valence-electron chi connectivity index (χ4n) is 1.57. The van der Waals surface area contributed by atoms with Crippen molar-refractivity contribution >= 4 is 17.7 Å². The van der Waals surface area contributed by atoms with Gasteiger partial charge in [0.15, 0.2) is 0 Å². The molecule has 4 nitrogen and oxygen atoms in total. The molecule has 1 aromatic heterocycles. The molecule has 0 aromatic carbocycles. The van der Waals surface area contributed by atoms with Gasteiger partial charge in [0.2, 0.25) is 5.91 Å². The standard InChI is InChI=1S/C13H20N2O2S/c1-9-6-10(2)14-7-11(9)8-15-13(17)12(16)4-5-18-3/h6-7,12,16H,4-5,8H2,1-3H3,(H,15,17)/t12-/m1/s1. The van der Waals surface area contributed by atoms with Gasteiger partial charge in [0.25, 0.3) is 0 Å². The first-order valence-electron chi connectivity index (χ1n) is 5.91. The number of amides is 1. The van der Waals surface area contributed by atoms with Gasteiger partial charge < -0.3 is 10.4 Å². The van der Waals surface area contributed by atoms with Crippen molar-refractivity contribution in [1.82, 2.24) is 10.3 Å². The van der Waals surface area contributed by atoms with Crippen molar-refractivity contribution < 1.29 is 9.90 Å². The summed E-state index contributed by atoms with van der Waals surface area (Å²) in [7, 11) is 0. The highest BCUT2D eigenvalue weighted by Crippen LogP contribution is 2.07. The SMILES string of the molecule is CSCC[C@@H](O)C(=O)NCc1cnc(C)cc1C. The monoisotopic (exact) mass is 268 g/mol. The maximum atomic E-state index is 11.6. The van der Waals surface area contributed by atoms with Gasteiger partial charge >= 0.3 is 0 Å². The number of hydrogen-bond acceptors (Lipinski definition) is 4. The van der Waals surface area contributed by atoms with E-state index in [1.54, 1.807) is 18.0 Å². The van der Waals surface area contributed by atoms with E-state index in [-0.39, 0.29) is 5.91 Å². The van der Waals surface area contributed by atoms with E-state index >= 15 is 0 Å². The van der Waals surface area contributed by atoms with Crippen LogP contribution in [0.5, 0.6) is 0 Å². The van der Waals surface area contributed by atoms with Gasteiger partial charge in [-0.1, -0.05) is 0 Å². The Labute approximate surface area is 112 Å². The van der Waals surface area contributed by atoms with Gasteiger partial charge in [0, 0.05) is 18.4 Å².